The van der Waals surface area contributed by atoms with Crippen LogP contribution in [0.25, 0.3) is 5.65 Å². The quantitative estimate of drug-likeness (QED) is 0.739. The van der Waals surface area contributed by atoms with Crippen LogP contribution in [0.4, 0.5) is 17.5 Å². The molecule has 2 N–H and O–H groups in total. The van der Waals surface area contributed by atoms with Gasteiger partial charge in [0.05, 0.1) is 0 Å². The van der Waals surface area contributed by atoms with Crippen molar-refractivity contribution in [2.45, 2.75) is 19.8 Å². The molecule has 2 aromatic heterocycles. The van der Waals surface area contributed by atoms with E-state index in [-0.39, 0.29) is 0 Å². The molecule has 0 fully saturated rings. The smallest absolute Gasteiger partial charge is 0.226 e. The number of nitrogen functional groups attached to an aromatic ring is 1. The van der Waals surface area contributed by atoms with Crippen molar-refractivity contribution in [3.63, 3.8) is 0 Å². The van der Waals surface area contributed by atoms with Crippen molar-refractivity contribution in [3.05, 3.63) is 41.7 Å². The average molecular weight is 280 g/mol. The summed E-state index contributed by atoms with van der Waals surface area (Å²) in [5.74, 6) is 1.20. The zero-order valence-electron chi connectivity index (χ0n) is 11.8. The lowest BCUT2D eigenvalue weighted by molar-refractivity contribution is 0.758. The standard InChI is InChI=1S/C15H16N6/c1-10-4-5-12-11(9-10)3-2-7-20(12)13-14-18-19-15(16)21(14)8-6-17-13/h4-6,8-9H,2-3,7H2,1H3,(H2,16,19). The number of aryl methyl sites for hydroxylation is 2. The van der Waals surface area contributed by atoms with Crippen LogP contribution in [0.1, 0.15) is 17.5 Å². The minimum Gasteiger partial charge on any atom is -0.368 e. The molecule has 1 aromatic carbocycles. The van der Waals surface area contributed by atoms with Gasteiger partial charge in [-0.15, -0.1) is 10.2 Å². The van der Waals surface area contributed by atoms with Crippen molar-refractivity contribution in [1.82, 2.24) is 19.6 Å². The van der Waals surface area contributed by atoms with Gasteiger partial charge in [0.2, 0.25) is 11.6 Å². The molecule has 1 aliphatic heterocycles. The van der Waals surface area contributed by atoms with E-state index in [1.54, 1.807) is 16.8 Å². The second kappa shape index (κ2) is 4.44. The summed E-state index contributed by atoms with van der Waals surface area (Å²) >= 11 is 0. The first-order valence-corrected chi connectivity index (χ1v) is 7.06. The molecule has 1 aliphatic rings. The third kappa shape index (κ3) is 1.83. The molecule has 4 rings (SSSR count). The van der Waals surface area contributed by atoms with E-state index in [1.165, 1.54) is 16.8 Å². The fourth-order valence-corrected chi connectivity index (χ4v) is 2.97. The third-order valence-electron chi connectivity index (χ3n) is 3.94. The zero-order chi connectivity index (χ0) is 14.4. The summed E-state index contributed by atoms with van der Waals surface area (Å²) in [6.07, 6.45) is 5.73. The number of rotatable bonds is 1. The Bertz CT molecular complexity index is 822. The summed E-state index contributed by atoms with van der Waals surface area (Å²) in [4.78, 5) is 6.72. The van der Waals surface area contributed by atoms with Gasteiger partial charge in [0.25, 0.3) is 0 Å². The van der Waals surface area contributed by atoms with Crippen molar-refractivity contribution in [2.75, 3.05) is 17.2 Å². The second-order valence-corrected chi connectivity index (χ2v) is 5.39. The summed E-state index contributed by atoms with van der Waals surface area (Å²) in [6.45, 7) is 3.05. The molecule has 6 heteroatoms. The molecule has 3 aromatic rings. The Morgan fingerprint density at radius 2 is 2.14 bits per heavy atom. The molecule has 0 bridgehead atoms. The van der Waals surface area contributed by atoms with E-state index in [2.05, 4.69) is 45.2 Å². The Labute approximate surface area is 122 Å². The monoisotopic (exact) mass is 280 g/mol. The molecule has 0 aliphatic carbocycles. The van der Waals surface area contributed by atoms with Gasteiger partial charge >= 0.3 is 0 Å². The number of fused-ring (bicyclic) bond motifs is 2. The number of anilines is 3. The van der Waals surface area contributed by atoms with E-state index < -0.39 is 0 Å². The van der Waals surface area contributed by atoms with Gasteiger partial charge in [-0.3, -0.25) is 4.40 Å². The van der Waals surface area contributed by atoms with Crippen molar-refractivity contribution in [3.8, 4) is 0 Å². The summed E-state index contributed by atoms with van der Waals surface area (Å²) in [6, 6.07) is 6.55. The second-order valence-electron chi connectivity index (χ2n) is 5.39. The molecule has 0 unspecified atom stereocenters. The van der Waals surface area contributed by atoms with Gasteiger partial charge < -0.3 is 10.6 Å². The highest BCUT2D eigenvalue weighted by Gasteiger charge is 2.22. The fourth-order valence-electron chi connectivity index (χ4n) is 2.97. The lowest BCUT2D eigenvalue weighted by Crippen LogP contribution is -2.26. The Hall–Kier alpha value is -2.63. The molecule has 0 radical (unpaired) electrons. The Balaban J connectivity index is 1.91. The Morgan fingerprint density at radius 1 is 1.24 bits per heavy atom. The van der Waals surface area contributed by atoms with Gasteiger partial charge in [-0.2, -0.15) is 0 Å². The molecular weight excluding hydrogens is 264 g/mol. The molecule has 106 valence electrons. The molecule has 6 nitrogen and oxygen atoms in total. The highest BCUT2D eigenvalue weighted by Crippen LogP contribution is 2.34. The van der Waals surface area contributed by atoms with E-state index >= 15 is 0 Å². The minimum atomic E-state index is 0.384. The van der Waals surface area contributed by atoms with Crippen LogP contribution in [0, 0.1) is 6.92 Å². The lowest BCUT2D eigenvalue weighted by atomic mass is 9.99. The van der Waals surface area contributed by atoms with Crippen LogP contribution >= 0.6 is 0 Å². The zero-order valence-corrected chi connectivity index (χ0v) is 11.8. The first-order valence-electron chi connectivity index (χ1n) is 7.06. The van der Waals surface area contributed by atoms with Crippen LogP contribution in [0.5, 0.6) is 0 Å². The van der Waals surface area contributed by atoms with Crippen molar-refractivity contribution < 1.29 is 0 Å². The van der Waals surface area contributed by atoms with Crippen LogP contribution in [0.2, 0.25) is 0 Å². The minimum absolute atomic E-state index is 0.384. The van der Waals surface area contributed by atoms with Crippen LogP contribution in [0.3, 0.4) is 0 Å². The first kappa shape index (κ1) is 12.1. The van der Waals surface area contributed by atoms with Gasteiger partial charge in [0.15, 0.2) is 5.82 Å². The van der Waals surface area contributed by atoms with Crippen molar-refractivity contribution >= 4 is 23.1 Å². The normalized spacial score (nSPS) is 14.4. The fraction of sp³-hybridized carbons (Fsp3) is 0.267. The molecule has 0 atom stereocenters. The third-order valence-corrected chi connectivity index (χ3v) is 3.94. The summed E-state index contributed by atoms with van der Waals surface area (Å²) < 4.78 is 1.77. The van der Waals surface area contributed by atoms with E-state index in [0.717, 1.165) is 25.2 Å². The highest BCUT2D eigenvalue weighted by atomic mass is 15.3. The molecular formula is C15H16N6. The molecule has 0 spiro atoms. The number of aromatic nitrogens is 4. The molecule has 0 saturated heterocycles. The van der Waals surface area contributed by atoms with Gasteiger partial charge in [-0.05, 0) is 31.4 Å². The van der Waals surface area contributed by atoms with Crippen molar-refractivity contribution in [1.29, 1.82) is 0 Å². The number of hydrogen-bond donors (Lipinski definition) is 1. The SMILES string of the molecule is Cc1ccc2c(c1)CCCN2c1nccn2c(N)nnc12. The predicted octanol–water partition coefficient (Wildman–Crippen LogP) is 2.10. The van der Waals surface area contributed by atoms with Gasteiger partial charge in [-0.25, -0.2) is 4.98 Å². The molecule has 21 heavy (non-hydrogen) atoms. The highest BCUT2D eigenvalue weighted by molar-refractivity contribution is 5.75. The van der Waals surface area contributed by atoms with E-state index in [4.69, 9.17) is 5.73 Å². The number of benzene rings is 1. The number of nitrogens with two attached hydrogens (primary N) is 1. The van der Waals surface area contributed by atoms with Crippen LogP contribution < -0.4 is 10.6 Å². The van der Waals surface area contributed by atoms with Crippen LogP contribution in [-0.4, -0.2) is 26.1 Å². The summed E-state index contributed by atoms with van der Waals surface area (Å²) in [5.41, 5.74) is 10.4. The predicted molar refractivity (Wildman–Crippen MR) is 81.7 cm³/mol. The maximum atomic E-state index is 5.83. The lowest BCUT2D eigenvalue weighted by Gasteiger charge is -2.30. The maximum absolute atomic E-state index is 5.83. The number of nitrogens with zero attached hydrogens (tertiary/aromatic N) is 5. The average Bonchev–Trinajstić information content (AvgIpc) is 2.88. The molecule has 0 saturated carbocycles. The summed E-state index contributed by atoms with van der Waals surface area (Å²) in [7, 11) is 0. The van der Waals surface area contributed by atoms with Crippen LogP contribution in [-0.2, 0) is 6.42 Å². The van der Waals surface area contributed by atoms with Crippen molar-refractivity contribution in [2.24, 2.45) is 0 Å². The first-order chi connectivity index (χ1) is 10.2. The van der Waals surface area contributed by atoms with E-state index in [9.17, 15) is 0 Å². The Kier molecular flexibility index (Phi) is 2.57. The van der Waals surface area contributed by atoms with Crippen LogP contribution in [0.15, 0.2) is 30.6 Å². The maximum Gasteiger partial charge on any atom is 0.226 e. The molecule has 0 amide bonds. The van der Waals surface area contributed by atoms with E-state index in [1.807, 2.05) is 0 Å². The van der Waals surface area contributed by atoms with Gasteiger partial charge in [-0.1, -0.05) is 17.7 Å². The van der Waals surface area contributed by atoms with E-state index in [0.29, 0.717) is 11.6 Å². The number of hydrogen-bond acceptors (Lipinski definition) is 5. The topological polar surface area (TPSA) is 72.3 Å². The summed E-state index contributed by atoms with van der Waals surface area (Å²) in [5, 5.41) is 8.11. The molecule has 3 heterocycles. The largest absolute Gasteiger partial charge is 0.368 e. The van der Waals surface area contributed by atoms with Gasteiger partial charge in [0, 0.05) is 24.6 Å². The van der Waals surface area contributed by atoms with Gasteiger partial charge in [0.1, 0.15) is 0 Å². The Morgan fingerprint density at radius 3 is 3.05 bits per heavy atom.